The van der Waals surface area contributed by atoms with Crippen LogP contribution in [0.25, 0.3) is 0 Å². The third-order valence-corrected chi connectivity index (χ3v) is 5.58. The third kappa shape index (κ3) is 7.28. The zero-order valence-electron chi connectivity index (χ0n) is 20.3. The van der Waals surface area contributed by atoms with E-state index in [4.69, 9.17) is 21.6 Å². The highest BCUT2D eigenvalue weighted by Gasteiger charge is 2.18. The van der Waals surface area contributed by atoms with E-state index in [9.17, 15) is 4.79 Å². The van der Waals surface area contributed by atoms with E-state index in [1.165, 1.54) is 12.4 Å². The quantitative estimate of drug-likeness (QED) is 0.182. The van der Waals surface area contributed by atoms with Crippen LogP contribution in [-0.4, -0.2) is 61.9 Å². The number of amides is 1. The summed E-state index contributed by atoms with van der Waals surface area (Å²) in [6.45, 7) is 6.64. The third-order valence-electron chi connectivity index (χ3n) is 5.58. The Balaban J connectivity index is 1.59. The minimum Gasteiger partial charge on any atom is -0.404 e. The van der Waals surface area contributed by atoms with E-state index in [1.807, 2.05) is 43.2 Å². The number of nitrogens with one attached hydrogen (secondary N) is 3. The minimum atomic E-state index is 0.0299. The lowest BCUT2D eigenvalue weighted by atomic mass is 10.0. The van der Waals surface area contributed by atoms with Crippen molar-refractivity contribution in [3.05, 3.63) is 70.6 Å². The molecule has 10 nitrogen and oxygen atoms in total. The Hall–Kier alpha value is -3.92. The number of morpholine rings is 1. The number of fused-ring (bicyclic) bond motifs is 1. The minimum absolute atomic E-state index is 0.0299. The Morgan fingerprint density at radius 3 is 2.89 bits per heavy atom. The molecule has 0 radical (unpaired) electrons. The van der Waals surface area contributed by atoms with Crippen LogP contribution >= 0.6 is 0 Å². The zero-order valence-corrected chi connectivity index (χ0v) is 20.3. The summed E-state index contributed by atoms with van der Waals surface area (Å²) in [6, 6.07) is 0. The second-order valence-corrected chi connectivity index (χ2v) is 8.48. The summed E-state index contributed by atoms with van der Waals surface area (Å²) in [5.74, 6) is 1.13. The fourth-order valence-corrected chi connectivity index (χ4v) is 3.56. The van der Waals surface area contributed by atoms with Crippen molar-refractivity contribution in [2.45, 2.75) is 20.3 Å². The normalized spacial score (nSPS) is 19.5. The van der Waals surface area contributed by atoms with Gasteiger partial charge in [0.15, 0.2) is 0 Å². The van der Waals surface area contributed by atoms with Gasteiger partial charge in [0.2, 0.25) is 5.91 Å². The molecule has 3 aliphatic heterocycles. The van der Waals surface area contributed by atoms with Crippen LogP contribution < -0.4 is 22.1 Å². The molecule has 0 aliphatic carbocycles. The van der Waals surface area contributed by atoms with E-state index in [1.54, 1.807) is 12.3 Å². The van der Waals surface area contributed by atoms with Gasteiger partial charge in [0.25, 0.3) is 0 Å². The summed E-state index contributed by atoms with van der Waals surface area (Å²) in [6.07, 6.45) is 14.6. The molecule has 0 unspecified atom stereocenters. The van der Waals surface area contributed by atoms with Crippen LogP contribution in [0.5, 0.6) is 0 Å². The molecule has 0 aromatic rings. The second-order valence-electron chi connectivity index (χ2n) is 8.48. The summed E-state index contributed by atoms with van der Waals surface area (Å²) in [4.78, 5) is 22.5. The fraction of sp³-hybridized carbons (Fsp3) is 0.360. The predicted octanol–water partition coefficient (Wildman–Crippen LogP) is 1.44. The molecule has 3 rings (SSSR count). The molecular weight excluding hydrogens is 444 g/mol. The van der Waals surface area contributed by atoms with Gasteiger partial charge in [-0.1, -0.05) is 13.8 Å². The molecule has 0 saturated carbocycles. The van der Waals surface area contributed by atoms with Crippen LogP contribution in [-0.2, 0) is 9.53 Å². The molecule has 7 N–H and O–H groups in total. The number of aliphatic imine (C=N–C) groups is 2. The van der Waals surface area contributed by atoms with Gasteiger partial charge in [-0.25, -0.2) is 4.99 Å². The molecule has 1 amide bonds. The molecule has 1 saturated heterocycles. The van der Waals surface area contributed by atoms with Crippen molar-refractivity contribution < 1.29 is 9.53 Å². The molecule has 3 heterocycles. The van der Waals surface area contributed by atoms with E-state index in [-0.39, 0.29) is 18.4 Å². The Morgan fingerprint density at radius 2 is 2.17 bits per heavy atom. The summed E-state index contributed by atoms with van der Waals surface area (Å²) in [7, 11) is 0. The number of nitrogens with zero attached hydrogens (tertiary/aromatic N) is 3. The number of carbonyl (C=O) groups excluding carboxylic acids is 1. The van der Waals surface area contributed by atoms with E-state index in [0.717, 1.165) is 34.5 Å². The smallest absolute Gasteiger partial charge is 0.248 e. The first kappa shape index (κ1) is 25.7. The summed E-state index contributed by atoms with van der Waals surface area (Å²) < 4.78 is 5.15. The topological polar surface area (TPSA) is 154 Å². The number of ether oxygens (including phenoxy) is 1. The molecule has 0 bridgehead atoms. The van der Waals surface area contributed by atoms with E-state index in [2.05, 4.69) is 20.6 Å². The number of hydrogen-bond acceptors (Lipinski definition) is 8. The first-order chi connectivity index (χ1) is 16.9. The van der Waals surface area contributed by atoms with Gasteiger partial charge in [0.1, 0.15) is 18.3 Å². The molecule has 35 heavy (non-hydrogen) atoms. The monoisotopic (exact) mass is 478 g/mol. The van der Waals surface area contributed by atoms with Gasteiger partial charge in [-0.3, -0.25) is 9.79 Å². The molecule has 10 heteroatoms. The molecule has 0 spiro atoms. The van der Waals surface area contributed by atoms with Crippen LogP contribution in [0, 0.1) is 11.3 Å². The van der Waals surface area contributed by atoms with Gasteiger partial charge in [0, 0.05) is 55.6 Å². The van der Waals surface area contributed by atoms with Gasteiger partial charge < -0.3 is 37.1 Å². The van der Waals surface area contributed by atoms with Gasteiger partial charge in [-0.2, -0.15) is 0 Å². The number of hydrogen-bond donors (Lipinski definition) is 5. The van der Waals surface area contributed by atoms with E-state index < -0.39 is 0 Å². The summed E-state index contributed by atoms with van der Waals surface area (Å²) in [5.41, 5.74) is 16.1. The average Bonchev–Trinajstić information content (AvgIpc) is 2.85. The van der Waals surface area contributed by atoms with Crippen molar-refractivity contribution in [3.63, 3.8) is 0 Å². The van der Waals surface area contributed by atoms with E-state index in [0.29, 0.717) is 37.9 Å². The molecule has 3 aliphatic rings. The van der Waals surface area contributed by atoms with Crippen molar-refractivity contribution in [2.24, 2.45) is 27.4 Å². The highest BCUT2D eigenvalue weighted by Crippen LogP contribution is 2.22. The molecule has 0 atom stereocenters. The van der Waals surface area contributed by atoms with Crippen molar-refractivity contribution in [1.29, 1.82) is 5.41 Å². The van der Waals surface area contributed by atoms with Crippen molar-refractivity contribution in [3.8, 4) is 0 Å². The number of allylic oxidation sites excluding steroid dienone is 6. The average molecular weight is 479 g/mol. The number of nitrogens with two attached hydrogens (primary N) is 2. The zero-order chi connectivity index (χ0) is 25.2. The molecule has 0 aromatic heterocycles. The molecule has 186 valence electrons. The van der Waals surface area contributed by atoms with Gasteiger partial charge in [-0.15, -0.1) is 0 Å². The van der Waals surface area contributed by atoms with Crippen molar-refractivity contribution in [2.75, 3.05) is 32.8 Å². The van der Waals surface area contributed by atoms with Gasteiger partial charge in [-0.05, 0) is 42.2 Å². The SMILES string of the molecule is CC(C)C(C=N)=CC(N)=NC1=CC=C2NC=C(C(C=NCCCN3CCOCC3=O)=CN)C=C2N1. The Labute approximate surface area is 206 Å². The lowest BCUT2D eigenvalue weighted by molar-refractivity contribution is -0.142. The molecular formula is C25H34N8O2. The predicted molar refractivity (Wildman–Crippen MR) is 140 cm³/mol. The fourth-order valence-electron chi connectivity index (χ4n) is 3.56. The standard InChI is InChI=1S/C25H34N8O2/c1-17(2)18(12-26)11-23(28)32-24-5-4-21-22(31-24)10-19(15-30-21)20(13-27)14-29-6-3-7-33-8-9-35-16-25(33)34/h4-5,10-15,17,26,30-31H,3,6-9,16,27H2,1-2H3,(H2,28,32). The van der Waals surface area contributed by atoms with Crippen LogP contribution in [0.2, 0.25) is 0 Å². The van der Waals surface area contributed by atoms with E-state index >= 15 is 0 Å². The maximum Gasteiger partial charge on any atom is 0.248 e. The molecule has 0 aromatic carbocycles. The van der Waals surface area contributed by atoms with Gasteiger partial charge >= 0.3 is 0 Å². The Bertz CT molecular complexity index is 1070. The highest BCUT2D eigenvalue weighted by atomic mass is 16.5. The Morgan fingerprint density at radius 1 is 1.34 bits per heavy atom. The number of amidine groups is 1. The summed E-state index contributed by atoms with van der Waals surface area (Å²) >= 11 is 0. The summed E-state index contributed by atoms with van der Waals surface area (Å²) in [5, 5.41) is 14.0. The number of dihydropyridines is 2. The lowest BCUT2D eigenvalue weighted by Gasteiger charge is -2.26. The molecule has 1 fully saturated rings. The highest BCUT2D eigenvalue weighted by molar-refractivity contribution is 5.97. The maximum atomic E-state index is 11.8. The first-order valence-corrected chi connectivity index (χ1v) is 11.6. The van der Waals surface area contributed by atoms with Gasteiger partial charge in [0.05, 0.1) is 18.0 Å². The lowest BCUT2D eigenvalue weighted by Crippen LogP contribution is -2.42. The number of rotatable bonds is 10. The van der Waals surface area contributed by atoms with Crippen LogP contribution in [0.3, 0.4) is 0 Å². The van der Waals surface area contributed by atoms with Crippen molar-refractivity contribution in [1.82, 2.24) is 15.5 Å². The first-order valence-electron chi connectivity index (χ1n) is 11.6. The largest absolute Gasteiger partial charge is 0.404 e. The second kappa shape index (κ2) is 12.5. The van der Waals surface area contributed by atoms with Crippen LogP contribution in [0.4, 0.5) is 0 Å². The van der Waals surface area contributed by atoms with Crippen LogP contribution in [0.15, 0.2) is 80.6 Å². The Kier molecular flexibility index (Phi) is 9.19. The van der Waals surface area contributed by atoms with Crippen LogP contribution in [0.1, 0.15) is 20.3 Å². The maximum absolute atomic E-state index is 11.8. The van der Waals surface area contributed by atoms with Crippen molar-refractivity contribution >= 4 is 24.2 Å². The number of carbonyl (C=O) groups is 1.